The summed E-state index contributed by atoms with van der Waals surface area (Å²) in [5.74, 6) is 0.145. The number of carbonyl (C=O) groups excluding carboxylic acids is 3. The van der Waals surface area contributed by atoms with Crippen LogP contribution >= 0.6 is 0 Å². The molecule has 0 amide bonds. The lowest BCUT2D eigenvalue weighted by molar-refractivity contribution is -0.144. The summed E-state index contributed by atoms with van der Waals surface area (Å²) in [7, 11) is 0. The van der Waals surface area contributed by atoms with E-state index in [2.05, 4.69) is 6.92 Å². The van der Waals surface area contributed by atoms with Gasteiger partial charge in [-0.1, -0.05) is 71.1 Å². The third kappa shape index (κ3) is 15.3. The number of unbranched alkanes of at least 4 members (excludes halogenated alkanes) is 11. The second kappa shape index (κ2) is 18.6. The second-order valence-corrected chi connectivity index (χ2v) is 8.12. The number of ether oxygens (including phenoxy) is 2. The summed E-state index contributed by atoms with van der Waals surface area (Å²) < 4.78 is 10.5. The summed E-state index contributed by atoms with van der Waals surface area (Å²) >= 11 is 0. The SMILES string of the molecule is CCCCCCCCCOC(=O)CCCCCCCCC(=O)Oc1ccc(C=O)cc1. The fourth-order valence-corrected chi connectivity index (χ4v) is 3.36. The van der Waals surface area contributed by atoms with Crippen LogP contribution in [0.1, 0.15) is 114 Å². The number of esters is 2. The Labute approximate surface area is 187 Å². The van der Waals surface area contributed by atoms with Gasteiger partial charge in [-0.15, -0.1) is 0 Å². The molecule has 0 saturated heterocycles. The van der Waals surface area contributed by atoms with Crippen molar-refractivity contribution in [1.29, 1.82) is 0 Å². The molecule has 0 unspecified atom stereocenters. The van der Waals surface area contributed by atoms with E-state index < -0.39 is 0 Å². The summed E-state index contributed by atoms with van der Waals surface area (Å²) in [4.78, 5) is 34.2. The van der Waals surface area contributed by atoms with Crippen LogP contribution < -0.4 is 4.74 Å². The maximum absolute atomic E-state index is 11.8. The van der Waals surface area contributed by atoms with Gasteiger partial charge in [0.05, 0.1) is 6.61 Å². The minimum atomic E-state index is -0.248. The van der Waals surface area contributed by atoms with Gasteiger partial charge in [0, 0.05) is 18.4 Å². The Hall–Kier alpha value is -2.17. The van der Waals surface area contributed by atoms with Crippen molar-refractivity contribution in [3.63, 3.8) is 0 Å². The normalized spacial score (nSPS) is 10.6. The molecule has 0 aliphatic rings. The van der Waals surface area contributed by atoms with E-state index in [9.17, 15) is 14.4 Å². The van der Waals surface area contributed by atoms with E-state index in [1.807, 2.05) is 0 Å². The number of carbonyl (C=O) groups is 3. The van der Waals surface area contributed by atoms with Gasteiger partial charge in [0.15, 0.2) is 0 Å². The highest BCUT2D eigenvalue weighted by atomic mass is 16.5. The molecule has 0 aromatic heterocycles. The topological polar surface area (TPSA) is 69.7 Å². The molecule has 0 atom stereocenters. The molecular weight excluding hydrogens is 392 g/mol. The molecule has 1 aromatic carbocycles. The highest BCUT2D eigenvalue weighted by molar-refractivity contribution is 5.76. The molecule has 0 fully saturated rings. The van der Waals surface area contributed by atoms with Crippen molar-refractivity contribution in [2.45, 2.75) is 103 Å². The van der Waals surface area contributed by atoms with Crippen molar-refractivity contribution in [3.05, 3.63) is 29.8 Å². The van der Waals surface area contributed by atoms with Gasteiger partial charge in [-0.2, -0.15) is 0 Å². The van der Waals surface area contributed by atoms with Crippen molar-refractivity contribution in [2.75, 3.05) is 6.61 Å². The molecule has 0 aliphatic heterocycles. The summed E-state index contributed by atoms with van der Waals surface area (Å²) in [6.07, 6.45) is 16.0. The molecule has 1 aromatic rings. The molecule has 0 spiro atoms. The molecule has 0 radical (unpaired) electrons. The Balaban J connectivity index is 1.88. The van der Waals surface area contributed by atoms with Crippen LogP contribution in [0.2, 0.25) is 0 Å². The zero-order valence-electron chi connectivity index (χ0n) is 19.2. The zero-order valence-corrected chi connectivity index (χ0v) is 19.2. The van der Waals surface area contributed by atoms with E-state index in [1.54, 1.807) is 24.3 Å². The van der Waals surface area contributed by atoms with E-state index in [0.717, 1.165) is 57.7 Å². The maximum Gasteiger partial charge on any atom is 0.311 e. The minimum Gasteiger partial charge on any atom is -0.466 e. The first-order valence-corrected chi connectivity index (χ1v) is 12.1. The van der Waals surface area contributed by atoms with Gasteiger partial charge in [-0.25, -0.2) is 0 Å². The number of benzene rings is 1. The predicted molar refractivity (Wildman–Crippen MR) is 123 cm³/mol. The summed E-state index contributed by atoms with van der Waals surface area (Å²) in [6, 6.07) is 6.50. The average molecular weight is 433 g/mol. The largest absolute Gasteiger partial charge is 0.466 e. The van der Waals surface area contributed by atoms with Gasteiger partial charge in [0.2, 0.25) is 0 Å². The van der Waals surface area contributed by atoms with Gasteiger partial charge >= 0.3 is 11.9 Å². The lowest BCUT2D eigenvalue weighted by Crippen LogP contribution is -2.07. The molecule has 0 saturated carbocycles. The van der Waals surface area contributed by atoms with E-state index in [-0.39, 0.29) is 11.9 Å². The van der Waals surface area contributed by atoms with Crippen molar-refractivity contribution >= 4 is 18.2 Å². The second-order valence-electron chi connectivity index (χ2n) is 8.12. The van der Waals surface area contributed by atoms with Gasteiger partial charge < -0.3 is 9.47 Å². The van der Waals surface area contributed by atoms with Gasteiger partial charge in [-0.3, -0.25) is 14.4 Å². The molecular formula is C26H40O5. The maximum atomic E-state index is 11.8. The first-order valence-electron chi connectivity index (χ1n) is 12.1. The Morgan fingerprint density at radius 2 is 1.23 bits per heavy atom. The van der Waals surface area contributed by atoms with Crippen molar-refractivity contribution in [2.24, 2.45) is 0 Å². The molecule has 0 bridgehead atoms. The molecule has 5 heteroatoms. The van der Waals surface area contributed by atoms with Crippen LogP contribution in [0.15, 0.2) is 24.3 Å². The molecule has 0 aliphatic carbocycles. The van der Waals surface area contributed by atoms with Gasteiger partial charge in [0.1, 0.15) is 12.0 Å². The fourth-order valence-electron chi connectivity index (χ4n) is 3.36. The minimum absolute atomic E-state index is 0.0742. The first-order chi connectivity index (χ1) is 15.2. The highest BCUT2D eigenvalue weighted by Crippen LogP contribution is 2.14. The lowest BCUT2D eigenvalue weighted by Gasteiger charge is -2.06. The monoisotopic (exact) mass is 432 g/mol. The Bertz CT molecular complexity index is 609. The molecule has 1 rings (SSSR count). The van der Waals surface area contributed by atoms with Gasteiger partial charge in [-0.05, 0) is 43.5 Å². The van der Waals surface area contributed by atoms with Gasteiger partial charge in [0.25, 0.3) is 0 Å². The standard InChI is InChI=1S/C26H40O5/c1-2-3-4-5-8-11-14-21-30-25(28)15-12-9-6-7-10-13-16-26(29)31-24-19-17-23(22-27)18-20-24/h17-20,22H,2-16,21H2,1H3. The molecule has 0 N–H and O–H groups in total. The smallest absolute Gasteiger partial charge is 0.311 e. The Morgan fingerprint density at radius 3 is 1.81 bits per heavy atom. The molecule has 0 heterocycles. The molecule has 31 heavy (non-hydrogen) atoms. The Kier molecular flexibility index (Phi) is 16.1. The third-order valence-electron chi connectivity index (χ3n) is 5.27. The third-order valence-corrected chi connectivity index (χ3v) is 5.27. The summed E-state index contributed by atoms with van der Waals surface area (Å²) in [6.45, 7) is 2.78. The van der Waals surface area contributed by atoms with E-state index in [4.69, 9.17) is 9.47 Å². The van der Waals surface area contributed by atoms with Crippen molar-refractivity contribution in [3.8, 4) is 5.75 Å². The number of hydrogen-bond donors (Lipinski definition) is 0. The van der Waals surface area contributed by atoms with Crippen LogP contribution in [0.5, 0.6) is 5.75 Å². The van der Waals surface area contributed by atoms with Crippen LogP contribution in [0.4, 0.5) is 0 Å². The number of hydrogen-bond acceptors (Lipinski definition) is 5. The van der Waals surface area contributed by atoms with Crippen molar-refractivity contribution in [1.82, 2.24) is 0 Å². The van der Waals surface area contributed by atoms with E-state index in [1.165, 1.54) is 32.1 Å². The van der Waals surface area contributed by atoms with Crippen LogP contribution in [0, 0.1) is 0 Å². The van der Waals surface area contributed by atoms with Crippen LogP contribution in [-0.4, -0.2) is 24.8 Å². The Morgan fingerprint density at radius 1 is 0.710 bits per heavy atom. The molecule has 5 nitrogen and oxygen atoms in total. The lowest BCUT2D eigenvalue weighted by atomic mass is 10.1. The zero-order chi connectivity index (χ0) is 22.6. The quantitative estimate of drug-likeness (QED) is 0.104. The van der Waals surface area contributed by atoms with E-state index in [0.29, 0.717) is 30.8 Å². The van der Waals surface area contributed by atoms with Crippen LogP contribution in [0.3, 0.4) is 0 Å². The fraction of sp³-hybridized carbons (Fsp3) is 0.654. The van der Waals surface area contributed by atoms with Crippen LogP contribution in [0.25, 0.3) is 0 Å². The molecule has 174 valence electrons. The summed E-state index contributed by atoms with van der Waals surface area (Å²) in [5.41, 5.74) is 0.557. The predicted octanol–water partition coefficient (Wildman–Crippen LogP) is 6.82. The average Bonchev–Trinajstić information content (AvgIpc) is 2.78. The first kappa shape index (κ1) is 26.9. The van der Waals surface area contributed by atoms with E-state index >= 15 is 0 Å². The highest BCUT2D eigenvalue weighted by Gasteiger charge is 2.05. The number of rotatable bonds is 19. The van der Waals surface area contributed by atoms with Crippen LogP contribution in [-0.2, 0) is 14.3 Å². The van der Waals surface area contributed by atoms with Crippen molar-refractivity contribution < 1.29 is 23.9 Å². The number of aldehydes is 1. The summed E-state index contributed by atoms with van der Waals surface area (Å²) in [5, 5.41) is 0.